The molecule has 0 aliphatic carbocycles. The first-order valence-electron chi connectivity index (χ1n) is 5.50. The minimum atomic E-state index is 0.540. The van der Waals surface area contributed by atoms with Crippen molar-refractivity contribution in [2.24, 2.45) is 0 Å². The van der Waals surface area contributed by atoms with Crippen LogP contribution in [0.25, 0.3) is 0 Å². The van der Waals surface area contributed by atoms with Crippen LogP contribution in [0.1, 0.15) is 25.0 Å². The van der Waals surface area contributed by atoms with E-state index in [0.717, 1.165) is 18.8 Å². The second-order valence-electron chi connectivity index (χ2n) is 4.01. The van der Waals surface area contributed by atoms with Crippen molar-refractivity contribution in [1.29, 1.82) is 0 Å². The molecule has 2 rings (SSSR count). The molecule has 1 atom stereocenters. The largest absolute Gasteiger partial charge is 0.378 e. The van der Waals surface area contributed by atoms with E-state index >= 15 is 0 Å². The molecule has 2 heterocycles. The van der Waals surface area contributed by atoms with Gasteiger partial charge in [-0.15, -0.1) is 5.10 Å². The number of rotatable bonds is 4. The van der Waals surface area contributed by atoms with Crippen LogP contribution in [0.15, 0.2) is 6.20 Å². The van der Waals surface area contributed by atoms with Crippen LogP contribution in [-0.4, -0.2) is 34.7 Å². The van der Waals surface area contributed by atoms with Crippen molar-refractivity contribution < 1.29 is 4.74 Å². The fraction of sp³-hybridized carbons (Fsp3) is 0.800. The van der Waals surface area contributed by atoms with Crippen LogP contribution >= 0.6 is 0 Å². The lowest BCUT2D eigenvalue weighted by molar-refractivity contribution is 0.181. The summed E-state index contributed by atoms with van der Waals surface area (Å²) in [6.07, 6.45) is 5.80. The molecule has 1 aliphatic heterocycles. The quantitative estimate of drug-likeness (QED) is 0.789. The molecule has 1 fully saturated rings. The van der Waals surface area contributed by atoms with Gasteiger partial charge in [0.1, 0.15) is 5.69 Å². The highest BCUT2D eigenvalue weighted by atomic mass is 16.5. The molecule has 1 aliphatic rings. The van der Waals surface area contributed by atoms with Crippen molar-refractivity contribution in [3.05, 3.63) is 11.9 Å². The lowest BCUT2D eigenvalue weighted by atomic mass is 10.1. The number of nitrogens with one attached hydrogen (secondary N) is 1. The summed E-state index contributed by atoms with van der Waals surface area (Å²) in [5.74, 6) is 0. The van der Waals surface area contributed by atoms with Gasteiger partial charge in [-0.25, -0.2) is 0 Å². The summed E-state index contributed by atoms with van der Waals surface area (Å²) >= 11 is 0. The topological polar surface area (TPSA) is 52.0 Å². The van der Waals surface area contributed by atoms with Crippen molar-refractivity contribution in [3.63, 3.8) is 0 Å². The van der Waals surface area contributed by atoms with Crippen LogP contribution in [0.4, 0.5) is 0 Å². The fourth-order valence-corrected chi connectivity index (χ4v) is 1.95. The van der Waals surface area contributed by atoms with Gasteiger partial charge in [0, 0.05) is 13.2 Å². The number of methoxy groups -OCH3 is 1. The Kier molecular flexibility index (Phi) is 3.69. The molecule has 1 N–H and O–H groups in total. The third kappa shape index (κ3) is 3.00. The molecule has 5 heteroatoms. The first-order valence-corrected chi connectivity index (χ1v) is 5.50. The molecule has 0 amide bonds. The molecule has 0 aromatic carbocycles. The molecule has 1 aromatic heterocycles. The van der Waals surface area contributed by atoms with Gasteiger partial charge in [-0.05, 0) is 19.4 Å². The summed E-state index contributed by atoms with van der Waals surface area (Å²) in [4.78, 5) is 0. The summed E-state index contributed by atoms with van der Waals surface area (Å²) in [5, 5.41) is 11.6. The monoisotopic (exact) mass is 210 g/mol. The highest BCUT2D eigenvalue weighted by molar-refractivity contribution is 4.90. The first kappa shape index (κ1) is 10.6. The molecule has 5 nitrogen and oxygen atoms in total. The van der Waals surface area contributed by atoms with Crippen molar-refractivity contribution in [2.75, 3.05) is 13.7 Å². The van der Waals surface area contributed by atoms with Gasteiger partial charge in [0.15, 0.2) is 0 Å². The summed E-state index contributed by atoms with van der Waals surface area (Å²) < 4.78 is 6.90. The minimum Gasteiger partial charge on any atom is -0.378 e. The number of aromatic nitrogens is 3. The van der Waals surface area contributed by atoms with Crippen LogP contribution in [-0.2, 0) is 17.9 Å². The van der Waals surface area contributed by atoms with Gasteiger partial charge in [-0.2, -0.15) is 0 Å². The van der Waals surface area contributed by atoms with Gasteiger partial charge < -0.3 is 10.1 Å². The maximum absolute atomic E-state index is 5.00. The molecule has 1 saturated heterocycles. The van der Waals surface area contributed by atoms with E-state index in [1.54, 1.807) is 7.11 Å². The van der Waals surface area contributed by atoms with Gasteiger partial charge in [-0.3, -0.25) is 4.68 Å². The zero-order chi connectivity index (χ0) is 10.5. The summed E-state index contributed by atoms with van der Waals surface area (Å²) in [5.41, 5.74) is 0.897. The number of hydrogen-bond donors (Lipinski definition) is 1. The first-order chi connectivity index (χ1) is 7.38. The summed E-state index contributed by atoms with van der Waals surface area (Å²) in [6.45, 7) is 2.58. The number of hydrogen-bond acceptors (Lipinski definition) is 4. The van der Waals surface area contributed by atoms with Crippen LogP contribution in [0, 0.1) is 0 Å². The second-order valence-corrected chi connectivity index (χ2v) is 4.01. The zero-order valence-electron chi connectivity index (χ0n) is 9.15. The molecule has 84 valence electrons. The standard InChI is InChI=1S/C10H18N4O/c1-15-8-10-7-14(13-12-10)6-9-4-2-3-5-11-9/h7,9,11H,2-6,8H2,1H3/t9-/m0/s1. The fourth-order valence-electron chi connectivity index (χ4n) is 1.95. The average Bonchev–Trinajstić information content (AvgIpc) is 2.68. The van der Waals surface area contributed by atoms with Gasteiger partial charge in [0.2, 0.25) is 0 Å². The average molecular weight is 210 g/mol. The van der Waals surface area contributed by atoms with Crippen LogP contribution in [0.5, 0.6) is 0 Å². The lowest BCUT2D eigenvalue weighted by Gasteiger charge is -2.22. The molecule has 0 spiro atoms. The Labute approximate surface area is 89.8 Å². The van der Waals surface area contributed by atoms with E-state index in [1.165, 1.54) is 19.3 Å². The molecular formula is C10H18N4O. The lowest BCUT2D eigenvalue weighted by Crippen LogP contribution is -2.37. The van der Waals surface area contributed by atoms with Crippen molar-refractivity contribution in [2.45, 2.75) is 38.5 Å². The van der Waals surface area contributed by atoms with Crippen molar-refractivity contribution in [3.8, 4) is 0 Å². The maximum atomic E-state index is 5.00. The molecule has 0 saturated carbocycles. The zero-order valence-corrected chi connectivity index (χ0v) is 9.15. The van der Waals surface area contributed by atoms with Crippen molar-refractivity contribution >= 4 is 0 Å². The number of ether oxygens (including phenoxy) is 1. The van der Waals surface area contributed by atoms with Crippen molar-refractivity contribution in [1.82, 2.24) is 20.3 Å². The van der Waals surface area contributed by atoms with Crippen LogP contribution < -0.4 is 5.32 Å². The predicted molar refractivity (Wildman–Crippen MR) is 56.4 cm³/mol. The molecule has 0 bridgehead atoms. The third-order valence-corrected chi connectivity index (χ3v) is 2.70. The molecule has 0 unspecified atom stereocenters. The van der Waals surface area contributed by atoms with E-state index in [2.05, 4.69) is 15.6 Å². The third-order valence-electron chi connectivity index (χ3n) is 2.70. The minimum absolute atomic E-state index is 0.540. The van der Waals surface area contributed by atoms with Gasteiger partial charge >= 0.3 is 0 Å². The smallest absolute Gasteiger partial charge is 0.108 e. The number of nitrogens with zero attached hydrogens (tertiary/aromatic N) is 3. The van der Waals surface area contributed by atoms with E-state index in [4.69, 9.17) is 4.74 Å². The van der Waals surface area contributed by atoms with E-state index in [-0.39, 0.29) is 0 Å². The predicted octanol–water partition coefficient (Wildman–Crippen LogP) is 0.567. The van der Waals surface area contributed by atoms with E-state index < -0.39 is 0 Å². The Bertz CT molecular complexity index is 293. The normalized spacial score (nSPS) is 21.8. The highest BCUT2D eigenvalue weighted by Gasteiger charge is 2.13. The maximum Gasteiger partial charge on any atom is 0.108 e. The Balaban J connectivity index is 1.86. The molecule has 15 heavy (non-hydrogen) atoms. The summed E-state index contributed by atoms with van der Waals surface area (Å²) in [6, 6.07) is 0.552. The van der Waals surface area contributed by atoms with Gasteiger partial charge in [-0.1, -0.05) is 11.6 Å². The Morgan fingerprint density at radius 2 is 2.53 bits per heavy atom. The number of piperidine rings is 1. The van der Waals surface area contributed by atoms with Crippen LogP contribution in [0.3, 0.4) is 0 Å². The summed E-state index contributed by atoms with van der Waals surface area (Å²) in [7, 11) is 1.67. The van der Waals surface area contributed by atoms with Gasteiger partial charge in [0.05, 0.1) is 19.3 Å². The molecule has 0 radical (unpaired) electrons. The van der Waals surface area contributed by atoms with Gasteiger partial charge in [0.25, 0.3) is 0 Å². The van der Waals surface area contributed by atoms with E-state index in [1.807, 2.05) is 10.9 Å². The van der Waals surface area contributed by atoms with E-state index in [9.17, 15) is 0 Å². The SMILES string of the molecule is COCc1cn(C[C@@H]2CCCCN2)nn1. The molecule has 1 aromatic rings. The van der Waals surface area contributed by atoms with Crippen LogP contribution in [0.2, 0.25) is 0 Å². The highest BCUT2D eigenvalue weighted by Crippen LogP contribution is 2.08. The Morgan fingerprint density at radius 3 is 3.27 bits per heavy atom. The van der Waals surface area contributed by atoms with E-state index in [0.29, 0.717) is 12.6 Å². The Hall–Kier alpha value is -0.940. The Morgan fingerprint density at radius 1 is 1.60 bits per heavy atom. The second kappa shape index (κ2) is 5.23. The molecular weight excluding hydrogens is 192 g/mol.